The largest absolute Gasteiger partial charge is 0.394 e. The van der Waals surface area contributed by atoms with Gasteiger partial charge in [0.1, 0.15) is 9.84 Å². The normalized spacial score (nSPS) is 29.5. The Morgan fingerprint density at radius 3 is 2.12 bits per heavy atom. The molecule has 0 unspecified atom stereocenters. The molecule has 1 amide bonds. The Labute approximate surface area is 201 Å². The maximum Gasteiger partial charge on any atom is 0.394 e. The highest BCUT2D eigenvalue weighted by atomic mass is 35.5. The minimum absolute atomic E-state index is 0.00372. The molecule has 1 aliphatic heterocycles. The van der Waals surface area contributed by atoms with E-state index in [0.717, 1.165) is 0 Å². The quantitative estimate of drug-likeness (QED) is 0.583. The van der Waals surface area contributed by atoms with Crippen molar-refractivity contribution in [1.29, 1.82) is 0 Å². The molecule has 1 aromatic rings. The first-order valence-electron chi connectivity index (χ1n) is 11.1. The molecule has 1 saturated heterocycles. The Balaban J connectivity index is 1.51. The molecule has 3 aliphatic carbocycles. The summed E-state index contributed by atoms with van der Waals surface area (Å²) < 4.78 is 92.1. The van der Waals surface area contributed by atoms with Gasteiger partial charge in [-0.3, -0.25) is 9.52 Å². The summed E-state index contributed by atoms with van der Waals surface area (Å²) in [5.41, 5.74) is -2.50. The van der Waals surface area contributed by atoms with Crippen LogP contribution in [0.3, 0.4) is 0 Å². The molecule has 1 heterocycles. The summed E-state index contributed by atoms with van der Waals surface area (Å²) in [5.74, 6) is -1.06. The van der Waals surface area contributed by atoms with Gasteiger partial charge in [0.15, 0.2) is 0 Å². The number of benzene rings is 1. The van der Waals surface area contributed by atoms with E-state index >= 15 is 0 Å². The van der Waals surface area contributed by atoms with Crippen LogP contribution in [0.15, 0.2) is 18.2 Å². The lowest BCUT2D eigenvalue weighted by atomic mass is 9.57. The van der Waals surface area contributed by atoms with Gasteiger partial charge in [0.2, 0.25) is 10.0 Å². The number of anilines is 1. The molecule has 4 fully saturated rings. The molecule has 3 saturated carbocycles. The van der Waals surface area contributed by atoms with Crippen molar-refractivity contribution < 1.29 is 34.8 Å². The van der Waals surface area contributed by atoms with Crippen molar-refractivity contribution in [2.45, 2.75) is 68.3 Å². The van der Waals surface area contributed by atoms with E-state index in [1.54, 1.807) is 0 Å². The summed E-state index contributed by atoms with van der Waals surface area (Å²) in [6, 6.07) is 4.08. The van der Waals surface area contributed by atoms with Crippen molar-refractivity contribution in [3.8, 4) is 0 Å². The van der Waals surface area contributed by atoms with E-state index in [1.165, 1.54) is 18.2 Å². The zero-order chi connectivity index (χ0) is 25.0. The number of fused-ring (bicyclic) bond motifs is 3. The smallest absolute Gasteiger partial charge is 0.347 e. The van der Waals surface area contributed by atoms with Crippen molar-refractivity contribution in [3.63, 3.8) is 0 Å². The second-order valence-electron chi connectivity index (χ2n) is 9.70. The summed E-state index contributed by atoms with van der Waals surface area (Å²) in [7, 11) is -7.27. The van der Waals surface area contributed by atoms with Gasteiger partial charge in [-0.2, -0.15) is 13.2 Å². The lowest BCUT2D eigenvalue weighted by Gasteiger charge is -2.53. The van der Waals surface area contributed by atoms with E-state index in [1.807, 2.05) is 0 Å². The lowest BCUT2D eigenvalue weighted by molar-refractivity contribution is -0.253. The van der Waals surface area contributed by atoms with Gasteiger partial charge < -0.3 is 5.32 Å². The van der Waals surface area contributed by atoms with Gasteiger partial charge >= 0.3 is 6.18 Å². The average Bonchev–Trinajstić information content (AvgIpc) is 2.73. The summed E-state index contributed by atoms with van der Waals surface area (Å²) in [6.45, 7) is 0. The van der Waals surface area contributed by atoms with Crippen molar-refractivity contribution in [3.05, 3.63) is 28.8 Å². The zero-order valence-corrected chi connectivity index (χ0v) is 20.6. The summed E-state index contributed by atoms with van der Waals surface area (Å²) in [5, 5.41) is 2.13. The molecular formula is C21H26ClF3N2O5S2. The van der Waals surface area contributed by atoms with Crippen molar-refractivity contribution in [2.75, 3.05) is 16.2 Å². The van der Waals surface area contributed by atoms with Crippen LogP contribution in [0.1, 0.15) is 61.7 Å². The Morgan fingerprint density at radius 2 is 1.59 bits per heavy atom. The maximum atomic E-state index is 13.5. The van der Waals surface area contributed by atoms with Gasteiger partial charge in [0, 0.05) is 10.6 Å². The number of hydrogen-bond acceptors (Lipinski definition) is 5. The third-order valence-electron chi connectivity index (χ3n) is 7.65. The van der Waals surface area contributed by atoms with E-state index in [-0.39, 0.29) is 79.1 Å². The number of hydrogen-bond donors (Lipinski definition) is 2. The first-order chi connectivity index (χ1) is 15.7. The fourth-order valence-electron chi connectivity index (χ4n) is 5.32. The van der Waals surface area contributed by atoms with E-state index in [2.05, 4.69) is 10.0 Å². The van der Waals surface area contributed by atoms with Gasteiger partial charge in [0.05, 0.1) is 33.4 Å². The van der Waals surface area contributed by atoms with Crippen LogP contribution in [0.5, 0.6) is 0 Å². The number of carbonyl (C=O) groups excluding carboxylic acids is 1. The molecule has 7 nitrogen and oxygen atoms in total. The first-order valence-corrected chi connectivity index (χ1v) is 14.8. The molecule has 2 N–H and O–H groups in total. The summed E-state index contributed by atoms with van der Waals surface area (Å²) >= 11 is 6.03. The predicted molar refractivity (Wildman–Crippen MR) is 122 cm³/mol. The van der Waals surface area contributed by atoms with Crippen molar-refractivity contribution >= 4 is 43.1 Å². The second-order valence-corrected chi connectivity index (χ2v) is 14.4. The van der Waals surface area contributed by atoms with E-state index < -0.39 is 48.1 Å². The van der Waals surface area contributed by atoms with Crippen molar-refractivity contribution in [1.82, 2.24) is 5.32 Å². The van der Waals surface area contributed by atoms with Crippen LogP contribution in [-0.2, 0) is 19.9 Å². The van der Waals surface area contributed by atoms with E-state index in [4.69, 9.17) is 11.6 Å². The predicted octanol–water partition coefficient (Wildman–Crippen LogP) is 4.04. The number of sulfonamides is 1. The third kappa shape index (κ3) is 4.90. The van der Waals surface area contributed by atoms with Gasteiger partial charge in [-0.1, -0.05) is 11.6 Å². The van der Waals surface area contributed by atoms with Crippen LogP contribution in [0.4, 0.5) is 18.9 Å². The Hall–Kier alpha value is -1.53. The zero-order valence-electron chi connectivity index (χ0n) is 18.3. The molecule has 13 heteroatoms. The van der Waals surface area contributed by atoms with Crippen molar-refractivity contribution in [2.24, 2.45) is 5.41 Å². The molecule has 2 bridgehead atoms. The van der Waals surface area contributed by atoms with E-state index in [9.17, 15) is 34.8 Å². The van der Waals surface area contributed by atoms with Gasteiger partial charge in [-0.05, 0) is 69.6 Å². The van der Waals surface area contributed by atoms with Crippen LogP contribution in [0.25, 0.3) is 0 Å². The Bertz CT molecular complexity index is 1160. The SMILES string of the molecule is O=C(NC12CCC(C(F)(F)F)(CC1)CC2)c1ccc(Cl)cc1NS(=O)(=O)C1CCS(=O)(=O)CC1. The molecule has 4 aliphatic rings. The highest BCUT2D eigenvalue weighted by molar-refractivity contribution is 7.94. The van der Waals surface area contributed by atoms with Gasteiger partial charge in [-0.25, -0.2) is 16.8 Å². The standard InChI is InChI=1S/C21H26ClF3N2O5S2/c22-14-1-2-16(17(13-14)27-34(31,32)15-3-11-33(29,30)12-4-15)18(28)26-20-8-5-19(6-9-20,7-10-20)21(23,24)25/h1-2,13,15,27H,3-12H2,(H,26,28). The van der Waals surface area contributed by atoms with Crippen LogP contribution in [0.2, 0.25) is 5.02 Å². The first kappa shape index (κ1) is 25.6. The molecule has 0 aromatic heterocycles. The monoisotopic (exact) mass is 542 g/mol. The average molecular weight is 543 g/mol. The molecular weight excluding hydrogens is 517 g/mol. The Morgan fingerprint density at radius 1 is 1.03 bits per heavy atom. The number of carbonyl (C=O) groups is 1. The second kappa shape index (κ2) is 8.55. The summed E-state index contributed by atoms with van der Waals surface area (Å²) in [4.78, 5) is 13.2. The Kier molecular flexibility index (Phi) is 6.42. The highest BCUT2D eigenvalue weighted by Crippen LogP contribution is 2.59. The van der Waals surface area contributed by atoms with E-state index in [0.29, 0.717) is 0 Å². The van der Waals surface area contributed by atoms with Crippen LogP contribution in [-0.4, -0.2) is 51.2 Å². The highest BCUT2D eigenvalue weighted by Gasteiger charge is 2.61. The number of halogens is 4. The number of alkyl halides is 3. The fourth-order valence-corrected chi connectivity index (χ4v) is 8.78. The summed E-state index contributed by atoms with van der Waals surface area (Å²) in [6.07, 6.45) is -3.95. The van der Waals surface area contributed by atoms with Gasteiger partial charge in [-0.15, -0.1) is 0 Å². The van der Waals surface area contributed by atoms with Crippen LogP contribution >= 0.6 is 11.6 Å². The number of amides is 1. The number of sulfone groups is 1. The molecule has 5 rings (SSSR count). The topological polar surface area (TPSA) is 109 Å². The van der Waals surface area contributed by atoms with Crippen LogP contribution in [0, 0.1) is 5.41 Å². The fraction of sp³-hybridized carbons (Fsp3) is 0.667. The number of nitrogens with one attached hydrogen (secondary N) is 2. The molecule has 0 radical (unpaired) electrons. The number of rotatable bonds is 5. The third-order valence-corrected chi connectivity index (χ3v) is 11.4. The molecule has 0 spiro atoms. The molecule has 1 aromatic carbocycles. The minimum atomic E-state index is -4.27. The minimum Gasteiger partial charge on any atom is -0.347 e. The van der Waals surface area contributed by atoms with Crippen LogP contribution < -0.4 is 10.0 Å². The lowest BCUT2D eigenvalue weighted by Crippen LogP contribution is -2.59. The maximum absolute atomic E-state index is 13.5. The molecule has 0 atom stereocenters. The van der Waals surface area contributed by atoms with Gasteiger partial charge in [0.25, 0.3) is 5.91 Å². The molecule has 190 valence electrons. The molecule has 34 heavy (non-hydrogen) atoms.